The molecule has 24 heavy (non-hydrogen) atoms. The van der Waals surface area contributed by atoms with Crippen LogP contribution in [0.5, 0.6) is 5.75 Å². The number of phenolic OH excluding ortho intramolecular Hbond substituents is 1. The maximum Gasteiger partial charge on any atom is 0.271 e. The molecule has 1 aromatic carbocycles. The van der Waals surface area contributed by atoms with Crippen LogP contribution in [0.3, 0.4) is 0 Å². The van der Waals surface area contributed by atoms with E-state index in [9.17, 15) is 19.5 Å². The van der Waals surface area contributed by atoms with Gasteiger partial charge >= 0.3 is 0 Å². The lowest BCUT2D eigenvalue weighted by Gasteiger charge is -2.37. The molecule has 3 amide bonds. The summed E-state index contributed by atoms with van der Waals surface area (Å²) in [5, 5.41) is 9.96. The van der Waals surface area contributed by atoms with Gasteiger partial charge < -0.3 is 5.11 Å². The second kappa shape index (κ2) is 4.57. The van der Waals surface area contributed by atoms with Crippen molar-refractivity contribution in [2.75, 3.05) is 0 Å². The molecule has 1 heterocycles. The first kappa shape index (κ1) is 14.4. The van der Waals surface area contributed by atoms with Crippen molar-refractivity contribution >= 4 is 33.7 Å². The molecule has 2 bridgehead atoms. The van der Waals surface area contributed by atoms with Crippen molar-refractivity contribution in [2.24, 2.45) is 35.5 Å². The standard InChI is InChI=1S/C18H14BrNO4/c19-7-1-4-13(21)12(5-7)16(22)20-17(23)14-8-2-3-9(11-6-10(8)11)15(14)18(20)24/h1-5,8-11,14-15,21H,6H2/t8-,9-,10-,11-,14-,15+/m0/s1. The number of benzene rings is 1. The van der Waals surface area contributed by atoms with E-state index in [0.29, 0.717) is 16.3 Å². The Hall–Kier alpha value is -1.95. The van der Waals surface area contributed by atoms with E-state index in [-0.39, 0.29) is 23.1 Å². The summed E-state index contributed by atoms with van der Waals surface area (Å²) in [6.45, 7) is 0. The minimum Gasteiger partial charge on any atom is -0.507 e. The van der Waals surface area contributed by atoms with Crippen LogP contribution in [-0.4, -0.2) is 27.7 Å². The van der Waals surface area contributed by atoms with Crippen LogP contribution in [-0.2, 0) is 9.59 Å². The molecule has 3 fully saturated rings. The van der Waals surface area contributed by atoms with Crippen LogP contribution in [0.15, 0.2) is 34.8 Å². The van der Waals surface area contributed by atoms with Gasteiger partial charge in [-0.2, -0.15) is 0 Å². The molecule has 0 spiro atoms. The lowest BCUT2D eigenvalue weighted by molar-refractivity contribution is -0.136. The van der Waals surface area contributed by atoms with E-state index in [0.717, 1.165) is 11.3 Å². The molecule has 122 valence electrons. The first-order valence-corrected chi connectivity index (χ1v) is 8.87. The number of carbonyl (C=O) groups excluding carboxylic acids is 3. The zero-order valence-corrected chi connectivity index (χ0v) is 14.1. The maximum absolute atomic E-state index is 12.9. The fourth-order valence-electron chi connectivity index (χ4n) is 4.96. The summed E-state index contributed by atoms with van der Waals surface area (Å²) in [7, 11) is 0. The highest BCUT2D eigenvalue weighted by Gasteiger charge is 2.67. The van der Waals surface area contributed by atoms with Crippen LogP contribution in [0.25, 0.3) is 0 Å². The Morgan fingerprint density at radius 1 is 1.08 bits per heavy atom. The molecule has 2 saturated carbocycles. The van der Waals surface area contributed by atoms with E-state index in [4.69, 9.17) is 0 Å². The van der Waals surface area contributed by atoms with Gasteiger partial charge in [-0.15, -0.1) is 0 Å². The minimum absolute atomic E-state index is 0.0322. The SMILES string of the molecule is O=C(c1cc(Br)ccc1O)N1C(=O)[C@@H]2[C@H]3C=C[C@@H]([C@@H]4C[C@@H]34)[C@@H]2C1=O. The average Bonchev–Trinajstić information content (AvgIpc) is 3.34. The fourth-order valence-corrected chi connectivity index (χ4v) is 5.32. The molecule has 4 aliphatic carbocycles. The van der Waals surface area contributed by atoms with Crippen molar-refractivity contribution in [2.45, 2.75) is 6.42 Å². The molecule has 5 nitrogen and oxygen atoms in total. The van der Waals surface area contributed by atoms with E-state index >= 15 is 0 Å². The summed E-state index contributed by atoms with van der Waals surface area (Å²) in [5.41, 5.74) is -0.0322. The topological polar surface area (TPSA) is 74.7 Å². The number of halogens is 1. The van der Waals surface area contributed by atoms with Crippen molar-refractivity contribution in [3.63, 3.8) is 0 Å². The lowest BCUT2D eigenvalue weighted by Crippen LogP contribution is -2.40. The molecule has 6 heteroatoms. The number of allylic oxidation sites excluding steroid dienone is 2. The number of aromatic hydroxyl groups is 1. The molecule has 0 radical (unpaired) electrons. The number of rotatable bonds is 1. The van der Waals surface area contributed by atoms with Crippen LogP contribution < -0.4 is 0 Å². The highest BCUT2D eigenvalue weighted by molar-refractivity contribution is 9.10. The highest BCUT2D eigenvalue weighted by atomic mass is 79.9. The summed E-state index contributed by atoms with van der Waals surface area (Å²) in [6, 6.07) is 4.40. The summed E-state index contributed by atoms with van der Waals surface area (Å²) in [4.78, 5) is 39.3. The normalized spacial score (nSPS) is 38.3. The van der Waals surface area contributed by atoms with Gasteiger partial charge in [-0.3, -0.25) is 14.4 Å². The molecule has 5 aliphatic rings. The number of phenols is 1. The van der Waals surface area contributed by atoms with Crippen molar-refractivity contribution in [3.05, 3.63) is 40.4 Å². The molecule has 0 unspecified atom stereocenters. The summed E-state index contributed by atoms with van der Waals surface area (Å²) in [5.74, 6) is -1.44. The van der Waals surface area contributed by atoms with Crippen LogP contribution in [0, 0.1) is 35.5 Å². The molecule has 1 aliphatic heterocycles. The van der Waals surface area contributed by atoms with Gasteiger partial charge in [0, 0.05) is 4.47 Å². The Morgan fingerprint density at radius 3 is 2.25 bits per heavy atom. The Kier molecular flexibility index (Phi) is 2.74. The molecule has 1 aromatic rings. The Morgan fingerprint density at radius 2 is 1.67 bits per heavy atom. The second-order valence-corrected chi connectivity index (χ2v) is 8.05. The Bertz CT molecular complexity index is 811. The van der Waals surface area contributed by atoms with Gasteiger partial charge in [0.25, 0.3) is 5.91 Å². The van der Waals surface area contributed by atoms with Crippen molar-refractivity contribution in [3.8, 4) is 5.75 Å². The summed E-state index contributed by atoms with van der Waals surface area (Å²) in [6.07, 6.45) is 5.21. The van der Waals surface area contributed by atoms with Gasteiger partial charge in [0.15, 0.2) is 0 Å². The molecule has 6 atom stereocenters. The van der Waals surface area contributed by atoms with Gasteiger partial charge in [0.05, 0.1) is 17.4 Å². The van der Waals surface area contributed by atoms with Gasteiger partial charge in [0.1, 0.15) is 5.75 Å². The monoisotopic (exact) mass is 387 g/mol. The van der Waals surface area contributed by atoms with Gasteiger partial charge in [-0.25, -0.2) is 4.90 Å². The third kappa shape index (κ3) is 1.67. The number of hydrogen-bond donors (Lipinski definition) is 1. The average molecular weight is 388 g/mol. The highest BCUT2D eigenvalue weighted by Crippen LogP contribution is 2.65. The number of hydrogen-bond acceptors (Lipinski definition) is 4. The van der Waals surface area contributed by atoms with Crippen molar-refractivity contribution in [1.82, 2.24) is 4.90 Å². The molecular formula is C18H14BrNO4. The van der Waals surface area contributed by atoms with E-state index in [1.165, 1.54) is 12.1 Å². The Balaban J connectivity index is 1.54. The molecule has 0 aromatic heterocycles. The fraction of sp³-hybridized carbons (Fsp3) is 0.389. The molecule has 6 rings (SSSR count). The van der Waals surface area contributed by atoms with Crippen LogP contribution in [0.1, 0.15) is 16.8 Å². The summed E-state index contributed by atoms with van der Waals surface area (Å²) < 4.78 is 0.600. The first-order valence-electron chi connectivity index (χ1n) is 8.08. The maximum atomic E-state index is 12.9. The van der Waals surface area contributed by atoms with Gasteiger partial charge in [-0.05, 0) is 48.3 Å². The number of nitrogens with zero attached hydrogens (tertiary/aromatic N) is 1. The van der Waals surface area contributed by atoms with Crippen LogP contribution in [0.4, 0.5) is 0 Å². The molecule has 1 N–H and O–H groups in total. The molecule has 1 saturated heterocycles. The number of likely N-dealkylation sites (tertiary alicyclic amines) is 1. The Labute approximate surface area is 146 Å². The first-order chi connectivity index (χ1) is 11.5. The number of carbonyl (C=O) groups is 3. The predicted octanol–water partition coefficient (Wildman–Crippen LogP) is 2.35. The van der Waals surface area contributed by atoms with Crippen LogP contribution in [0.2, 0.25) is 0 Å². The minimum atomic E-state index is -0.730. The van der Waals surface area contributed by atoms with Gasteiger partial charge in [-0.1, -0.05) is 28.1 Å². The zero-order valence-electron chi connectivity index (χ0n) is 12.6. The quantitative estimate of drug-likeness (QED) is 0.592. The summed E-state index contributed by atoms with van der Waals surface area (Å²) >= 11 is 3.25. The second-order valence-electron chi connectivity index (χ2n) is 7.13. The van der Waals surface area contributed by atoms with Crippen molar-refractivity contribution < 1.29 is 19.5 Å². The van der Waals surface area contributed by atoms with E-state index in [2.05, 4.69) is 28.1 Å². The van der Waals surface area contributed by atoms with Crippen molar-refractivity contribution in [1.29, 1.82) is 0 Å². The zero-order chi connectivity index (χ0) is 16.7. The van der Waals surface area contributed by atoms with E-state index in [1.54, 1.807) is 6.07 Å². The van der Waals surface area contributed by atoms with Gasteiger partial charge in [0.2, 0.25) is 11.8 Å². The predicted molar refractivity (Wildman–Crippen MR) is 86.7 cm³/mol. The third-order valence-corrected chi connectivity index (χ3v) is 6.55. The lowest BCUT2D eigenvalue weighted by atomic mass is 9.63. The number of amides is 3. The van der Waals surface area contributed by atoms with E-state index in [1.807, 2.05) is 0 Å². The smallest absolute Gasteiger partial charge is 0.271 e. The third-order valence-electron chi connectivity index (χ3n) is 6.05. The van der Waals surface area contributed by atoms with E-state index < -0.39 is 29.6 Å². The van der Waals surface area contributed by atoms with Crippen LogP contribution >= 0.6 is 15.9 Å². The molecular weight excluding hydrogens is 374 g/mol. The largest absolute Gasteiger partial charge is 0.507 e. The number of imide groups is 3.